The van der Waals surface area contributed by atoms with E-state index < -0.39 is 20.5 Å². The van der Waals surface area contributed by atoms with E-state index >= 15 is 0 Å². The molecule has 0 saturated heterocycles. The predicted octanol–water partition coefficient (Wildman–Crippen LogP) is -5.46. The van der Waals surface area contributed by atoms with Gasteiger partial charge in [0.2, 0.25) is 0 Å². The van der Waals surface area contributed by atoms with Crippen molar-refractivity contribution in [3.8, 4) is 46.0 Å². The van der Waals surface area contributed by atoms with Crippen molar-refractivity contribution in [1.82, 2.24) is 0 Å². The normalized spacial score (nSPS) is 15.6. The van der Waals surface area contributed by atoms with Crippen molar-refractivity contribution >= 4 is 0 Å². The summed E-state index contributed by atoms with van der Waals surface area (Å²) >= 11 is 0. The van der Waals surface area contributed by atoms with Crippen molar-refractivity contribution in [3.05, 3.63) is 97.1 Å². The van der Waals surface area contributed by atoms with Gasteiger partial charge in [0.15, 0.2) is 46.0 Å². The number of ether oxygens (including phenoxy) is 12. The standard InChI is InChI=1S/2C20H24O6.2ClHO4.2H2O/c2*1-2-6-18-17(5-1)23-13-9-21-11-15-25-19-7-3-4-8-20(19)26-16-12-22-10-14-24-18;2*2-1(3,4)5;;/h2*1-8H,9-16H2;2*(H,2,3,4,5);2*1H2. The average Bonchev–Trinajstić information content (AvgIpc) is 3.22. The van der Waals surface area contributed by atoms with Gasteiger partial charge in [0, 0.05) is 0 Å². The maximum absolute atomic E-state index is 8.49. The average molecular weight is 958 g/mol. The van der Waals surface area contributed by atoms with E-state index in [9.17, 15) is 0 Å². The summed E-state index contributed by atoms with van der Waals surface area (Å²) < 4.78 is 136. The summed E-state index contributed by atoms with van der Waals surface area (Å²) in [5.74, 6) is 5.60. The molecule has 0 aromatic heterocycles. The predicted molar refractivity (Wildman–Crippen MR) is 203 cm³/mol. The van der Waals surface area contributed by atoms with Gasteiger partial charge in [-0.25, -0.2) is 37.3 Å². The molecule has 0 atom stereocenters. The molecule has 2 heterocycles. The monoisotopic (exact) mass is 956 g/mol. The first-order chi connectivity index (χ1) is 29.9. The van der Waals surface area contributed by atoms with Crippen molar-refractivity contribution in [1.29, 1.82) is 0 Å². The highest BCUT2D eigenvalue weighted by Gasteiger charge is 2.09. The van der Waals surface area contributed by atoms with Crippen molar-refractivity contribution in [2.75, 3.05) is 106 Å². The Balaban J connectivity index is 0.000000515. The van der Waals surface area contributed by atoms with Gasteiger partial charge < -0.3 is 67.8 Å². The van der Waals surface area contributed by atoms with E-state index in [-0.39, 0.29) is 11.0 Å². The van der Waals surface area contributed by atoms with Crippen LogP contribution in [0.2, 0.25) is 0 Å². The summed E-state index contributed by atoms with van der Waals surface area (Å²) in [4.78, 5) is 0. The van der Waals surface area contributed by atoms with Crippen LogP contribution in [-0.2, 0) is 29.9 Å². The molecule has 64 heavy (non-hydrogen) atoms. The molecule has 0 saturated carbocycles. The second kappa shape index (κ2) is 33.8. The van der Waals surface area contributed by atoms with Crippen LogP contribution in [0.25, 0.3) is 0 Å². The van der Waals surface area contributed by atoms with Crippen LogP contribution in [0.15, 0.2) is 97.1 Å². The Kier molecular flexibility index (Phi) is 30.2. The molecule has 0 aliphatic carbocycles. The summed E-state index contributed by atoms with van der Waals surface area (Å²) in [5, 5.41) is 0. The Morgan fingerprint density at radius 1 is 0.234 bits per heavy atom. The van der Waals surface area contributed by atoms with Crippen molar-refractivity contribution in [3.63, 3.8) is 0 Å². The molecule has 24 heteroatoms. The van der Waals surface area contributed by atoms with E-state index in [0.29, 0.717) is 152 Å². The molecule has 22 nitrogen and oxygen atoms in total. The molecule has 4 aromatic rings. The van der Waals surface area contributed by atoms with Crippen LogP contribution in [0.4, 0.5) is 0 Å². The molecule has 0 bridgehead atoms. The fraction of sp³-hybridized carbons (Fsp3) is 0.400. The molecule has 6 rings (SSSR count). The highest BCUT2D eigenvalue weighted by molar-refractivity contribution is 5.41. The second-order valence-electron chi connectivity index (χ2n) is 11.8. The highest BCUT2D eigenvalue weighted by Crippen LogP contribution is 2.29. The van der Waals surface area contributed by atoms with Crippen LogP contribution in [0, 0.1) is 20.5 Å². The summed E-state index contributed by atoms with van der Waals surface area (Å²) in [6.45, 7) is 7.30. The van der Waals surface area contributed by atoms with Crippen molar-refractivity contribution < 1.29 is 126 Å². The largest absolute Gasteiger partial charge is 0.487 e. The SMILES string of the molecule is [O-][Cl+3]([O-])([O-])[O-].[O-][Cl+3]([O-])([O-])[O-].[OH3+].[OH3+].c1ccc2c(c1)OCCOCCOc1ccccc1OCCOCCO2.c1ccc2c(c1)OCCOCCOc1ccccc1OCCOCCO2. The molecule has 2 aliphatic rings. The Labute approximate surface area is 373 Å². The number of halogens is 2. The van der Waals surface area contributed by atoms with Gasteiger partial charge >= 0.3 is 0 Å². The molecular weight excluding hydrogens is 903 g/mol. The van der Waals surface area contributed by atoms with Gasteiger partial charge in [0.25, 0.3) is 0 Å². The minimum atomic E-state index is -4.94. The lowest BCUT2D eigenvalue weighted by Crippen LogP contribution is -2.68. The van der Waals surface area contributed by atoms with Gasteiger partial charge in [-0.3, -0.25) is 0 Å². The summed E-state index contributed by atoms with van der Waals surface area (Å²) in [7, 11) is -9.89. The van der Waals surface area contributed by atoms with Gasteiger partial charge in [-0.1, -0.05) is 48.5 Å². The van der Waals surface area contributed by atoms with Crippen LogP contribution in [0.3, 0.4) is 0 Å². The van der Waals surface area contributed by atoms with Crippen LogP contribution in [0.1, 0.15) is 0 Å². The molecule has 0 radical (unpaired) electrons. The molecule has 0 amide bonds. The lowest BCUT2D eigenvalue weighted by atomic mass is 10.3. The van der Waals surface area contributed by atoms with Crippen molar-refractivity contribution in [2.45, 2.75) is 0 Å². The van der Waals surface area contributed by atoms with Gasteiger partial charge in [0.05, 0.1) is 52.9 Å². The zero-order valence-electron chi connectivity index (χ0n) is 34.6. The molecule has 360 valence electrons. The van der Waals surface area contributed by atoms with Crippen molar-refractivity contribution in [2.24, 2.45) is 0 Å². The molecular formula is C40H54Cl2O22. The molecule has 2 aliphatic heterocycles. The van der Waals surface area contributed by atoms with E-state index in [1.807, 2.05) is 97.1 Å². The molecule has 6 N–H and O–H groups in total. The number of benzene rings is 4. The Hall–Kier alpha value is -4.70. The molecule has 4 aromatic carbocycles. The summed E-state index contributed by atoms with van der Waals surface area (Å²) in [6.07, 6.45) is 0. The molecule has 0 fully saturated rings. The molecule has 0 spiro atoms. The second-order valence-corrected chi connectivity index (χ2v) is 13.3. The highest BCUT2D eigenvalue weighted by atomic mass is 35.7. The number of fused-ring (bicyclic) bond motifs is 4. The third-order valence-corrected chi connectivity index (χ3v) is 7.28. The first-order valence-electron chi connectivity index (χ1n) is 18.8. The van der Waals surface area contributed by atoms with Gasteiger partial charge in [-0.15, -0.1) is 20.5 Å². The van der Waals surface area contributed by atoms with E-state index in [1.165, 1.54) is 0 Å². The van der Waals surface area contributed by atoms with E-state index in [4.69, 9.17) is 94.1 Å². The van der Waals surface area contributed by atoms with E-state index in [2.05, 4.69) is 0 Å². The van der Waals surface area contributed by atoms with E-state index in [0.717, 1.165) is 0 Å². The Morgan fingerprint density at radius 2 is 0.344 bits per heavy atom. The third kappa shape index (κ3) is 28.9. The number of para-hydroxylation sites is 8. The van der Waals surface area contributed by atoms with Crippen LogP contribution in [0.5, 0.6) is 46.0 Å². The maximum atomic E-state index is 8.49. The number of hydrogen-bond acceptors (Lipinski definition) is 20. The van der Waals surface area contributed by atoms with E-state index in [1.54, 1.807) is 0 Å². The third-order valence-electron chi connectivity index (χ3n) is 7.28. The quantitative estimate of drug-likeness (QED) is 0.148. The van der Waals surface area contributed by atoms with Gasteiger partial charge in [0.1, 0.15) is 52.9 Å². The fourth-order valence-electron chi connectivity index (χ4n) is 4.85. The minimum Gasteiger partial charge on any atom is -0.487 e. The number of hydrogen-bond donors (Lipinski definition) is 0. The smallest absolute Gasteiger partial charge is 0.161 e. The Morgan fingerprint density at radius 3 is 0.453 bits per heavy atom. The van der Waals surface area contributed by atoms with Crippen LogP contribution >= 0.6 is 0 Å². The zero-order chi connectivity index (χ0) is 44.7. The Bertz CT molecular complexity index is 1400. The number of rotatable bonds is 0. The zero-order valence-corrected chi connectivity index (χ0v) is 36.1. The molecule has 0 unspecified atom stereocenters. The van der Waals surface area contributed by atoms with Gasteiger partial charge in [-0.2, -0.15) is 0 Å². The van der Waals surface area contributed by atoms with Crippen LogP contribution in [-0.4, -0.2) is 106 Å². The first-order valence-corrected chi connectivity index (χ1v) is 21.3. The lowest BCUT2D eigenvalue weighted by Gasteiger charge is -2.17. The first kappa shape index (κ1) is 57.3. The maximum Gasteiger partial charge on any atom is 0.161 e. The minimum absolute atomic E-state index is 0. The van der Waals surface area contributed by atoms with Gasteiger partial charge in [-0.05, 0) is 48.5 Å². The fourth-order valence-corrected chi connectivity index (χ4v) is 4.85. The summed E-state index contributed by atoms with van der Waals surface area (Å²) in [5.41, 5.74) is 0. The van der Waals surface area contributed by atoms with Crippen LogP contribution < -0.4 is 75.2 Å². The lowest BCUT2D eigenvalue weighted by molar-refractivity contribution is -2.00. The topological polar surface area (TPSA) is 361 Å². The summed E-state index contributed by atoms with van der Waals surface area (Å²) in [6, 6.07) is 30.3.